The first-order valence-corrected chi connectivity index (χ1v) is 7.52. The number of thioether (sulfide) groups is 1. The summed E-state index contributed by atoms with van der Waals surface area (Å²) in [6, 6.07) is -1.18. The molecule has 0 aliphatic heterocycles. The average Bonchev–Trinajstić information content (AvgIpc) is 2.89. The van der Waals surface area contributed by atoms with Gasteiger partial charge in [-0.3, -0.25) is 0 Å². The summed E-state index contributed by atoms with van der Waals surface area (Å²) in [6.45, 7) is 4.94. The SMILES string of the molecule is CSCC[C@H](NC(=O)NCC1CC1(C)C)C(=O)O. The molecular weight excluding hydrogens is 252 g/mol. The maximum Gasteiger partial charge on any atom is 0.326 e. The largest absolute Gasteiger partial charge is 0.480 e. The van der Waals surface area contributed by atoms with Crippen molar-refractivity contribution in [1.29, 1.82) is 0 Å². The van der Waals surface area contributed by atoms with Crippen molar-refractivity contribution in [2.75, 3.05) is 18.6 Å². The van der Waals surface area contributed by atoms with Crippen LogP contribution in [-0.2, 0) is 4.79 Å². The van der Waals surface area contributed by atoms with Crippen molar-refractivity contribution in [3.8, 4) is 0 Å². The Kier molecular flexibility index (Phi) is 5.31. The Balaban J connectivity index is 2.26. The normalized spacial score (nSPS) is 22.1. The molecule has 0 aromatic heterocycles. The van der Waals surface area contributed by atoms with E-state index in [0.29, 0.717) is 30.1 Å². The first-order valence-electron chi connectivity index (χ1n) is 6.13. The van der Waals surface area contributed by atoms with Gasteiger partial charge in [0.2, 0.25) is 0 Å². The van der Waals surface area contributed by atoms with Gasteiger partial charge in [0.05, 0.1) is 0 Å². The molecule has 0 aromatic carbocycles. The number of carboxylic acid groups (broad SMARTS) is 1. The van der Waals surface area contributed by atoms with Crippen LogP contribution in [0.2, 0.25) is 0 Å². The predicted octanol–water partition coefficient (Wildman–Crippen LogP) is 1.54. The summed E-state index contributed by atoms with van der Waals surface area (Å²) < 4.78 is 0. The lowest BCUT2D eigenvalue weighted by Crippen LogP contribution is -2.46. The summed E-state index contributed by atoms with van der Waals surface area (Å²) in [7, 11) is 0. The second-order valence-corrected chi connectivity index (χ2v) is 6.40. The van der Waals surface area contributed by atoms with Crippen LogP contribution in [0, 0.1) is 11.3 Å². The Morgan fingerprint density at radius 3 is 2.56 bits per heavy atom. The third-order valence-corrected chi connectivity index (χ3v) is 4.08. The zero-order valence-electron chi connectivity index (χ0n) is 11.2. The van der Waals surface area contributed by atoms with Gasteiger partial charge in [0, 0.05) is 6.54 Å². The van der Waals surface area contributed by atoms with Crippen LogP contribution in [0.1, 0.15) is 26.7 Å². The van der Waals surface area contributed by atoms with E-state index in [1.165, 1.54) is 0 Å². The minimum atomic E-state index is -0.981. The zero-order chi connectivity index (χ0) is 13.8. The van der Waals surface area contributed by atoms with E-state index < -0.39 is 12.0 Å². The summed E-state index contributed by atoms with van der Waals surface area (Å²) in [5, 5.41) is 14.2. The quantitative estimate of drug-likeness (QED) is 0.658. The monoisotopic (exact) mass is 274 g/mol. The van der Waals surface area contributed by atoms with Crippen molar-refractivity contribution in [2.45, 2.75) is 32.7 Å². The number of aliphatic carboxylic acids is 1. The van der Waals surface area contributed by atoms with Crippen molar-refractivity contribution in [3.05, 3.63) is 0 Å². The Morgan fingerprint density at radius 2 is 2.11 bits per heavy atom. The van der Waals surface area contributed by atoms with Crippen LogP contribution in [-0.4, -0.2) is 41.7 Å². The highest BCUT2D eigenvalue weighted by Gasteiger charge is 2.45. The van der Waals surface area contributed by atoms with E-state index in [9.17, 15) is 9.59 Å². The van der Waals surface area contributed by atoms with Gasteiger partial charge < -0.3 is 15.7 Å². The summed E-state index contributed by atoms with van der Waals surface area (Å²) >= 11 is 1.57. The van der Waals surface area contributed by atoms with Gasteiger partial charge in [0.15, 0.2) is 0 Å². The highest BCUT2D eigenvalue weighted by atomic mass is 32.2. The lowest BCUT2D eigenvalue weighted by molar-refractivity contribution is -0.139. The molecule has 2 amide bonds. The third-order valence-electron chi connectivity index (χ3n) is 3.44. The van der Waals surface area contributed by atoms with E-state index in [4.69, 9.17) is 5.11 Å². The molecule has 0 saturated heterocycles. The molecule has 18 heavy (non-hydrogen) atoms. The van der Waals surface area contributed by atoms with Crippen molar-refractivity contribution in [3.63, 3.8) is 0 Å². The maximum absolute atomic E-state index is 11.6. The molecular formula is C12H22N2O3S. The van der Waals surface area contributed by atoms with Crippen LogP contribution in [0.25, 0.3) is 0 Å². The number of nitrogens with one attached hydrogen (secondary N) is 2. The topological polar surface area (TPSA) is 78.4 Å². The highest BCUT2D eigenvalue weighted by molar-refractivity contribution is 7.98. The van der Waals surface area contributed by atoms with Crippen LogP contribution in [0.3, 0.4) is 0 Å². The smallest absolute Gasteiger partial charge is 0.326 e. The minimum Gasteiger partial charge on any atom is -0.480 e. The number of urea groups is 1. The number of hydrogen-bond donors (Lipinski definition) is 3. The Morgan fingerprint density at radius 1 is 1.50 bits per heavy atom. The number of hydrogen-bond acceptors (Lipinski definition) is 3. The fourth-order valence-corrected chi connectivity index (χ4v) is 2.31. The zero-order valence-corrected chi connectivity index (χ0v) is 12.0. The molecule has 1 saturated carbocycles. The lowest BCUT2D eigenvalue weighted by Gasteiger charge is -2.14. The average molecular weight is 274 g/mol. The fraction of sp³-hybridized carbons (Fsp3) is 0.833. The molecule has 6 heteroatoms. The van der Waals surface area contributed by atoms with Crippen LogP contribution in [0.5, 0.6) is 0 Å². The number of rotatable bonds is 7. The maximum atomic E-state index is 11.6. The van der Waals surface area contributed by atoms with E-state index in [-0.39, 0.29) is 6.03 Å². The van der Waals surface area contributed by atoms with E-state index in [1.54, 1.807) is 11.8 Å². The molecule has 1 aliphatic rings. The van der Waals surface area contributed by atoms with E-state index in [0.717, 1.165) is 6.42 Å². The molecule has 0 spiro atoms. The number of carbonyl (C=O) groups is 2. The molecule has 104 valence electrons. The van der Waals surface area contributed by atoms with Gasteiger partial charge in [-0.15, -0.1) is 0 Å². The molecule has 0 heterocycles. The Labute approximate surface area is 112 Å². The van der Waals surface area contributed by atoms with Crippen molar-refractivity contribution in [2.24, 2.45) is 11.3 Å². The van der Waals surface area contributed by atoms with E-state index in [2.05, 4.69) is 24.5 Å². The first kappa shape index (κ1) is 15.1. The van der Waals surface area contributed by atoms with Crippen molar-refractivity contribution < 1.29 is 14.7 Å². The number of carboxylic acids is 1. The summed E-state index contributed by atoms with van der Waals surface area (Å²) in [4.78, 5) is 22.5. The fourth-order valence-electron chi connectivity index (χ4n) is 1.84. The van der Waals surface area contributed by atoms with Gasteiger partial charge in [-0.05, 0) is 36.2 Å². The highest BCUT2D eigenvalue weighted by Crippen LogP contribution is 2.50. The number of amides is 2. The van der Waals surface area contributed by atoms with Gasteiger partial charge in [-0.25, -0.2) is 9.59 Å². The molecule has 1 unspecified atom stereocenters. The summed E-state index contributed by atoms with van der Waals surface area (Å²) in [6.07, 6.45) is 3.47. The number of carbonyl (C=O) groups excluding carboxylic acids is 1. The van der Waals surface area contributed by atoms with Crippen LogP contribution in [0.15, 0.2) is 0 Å². The third kappa shape index (κ3) is 4.76. The second-order valence-electron chi connectivity index (χ2n) is 5.42. The van der Waals surface area contributed by atoms with Gasteiger partial charge >= 0.3 is 12.0 Å². The second kappa shape index (κ2) is 6.31. The van der Waals surface area contributed by atoms with Gasteiger partial charge in [0.1, 0.15) is 6.04 Å². The van der Waals surface area contributed by atoms with Gasteiger partial charge in [0.25, 0.3) is 0 Å². The van der Waals surface area contributed by atoms with Crippen molar-refractivity contribution >= 4 is 23.8 Å². The standard InChI is InChI=1S/C12H22N2O3S/c1-12(2)6-8(12)7-13-11(17)14-9(10(15)16)4-5-18-3/h8-9H,4-7H2,1-3H3,(H,15,16)(H2,13,14,17)/t8?,9-/m0/s1. The Bertz CT molecular complexity index is 320. The molecule has 1 aliphatic carbocycles. The molecule has 0 radical (unpaired) electrons. The molecule has 3 N–H and O–H groups in total. The van der Waals surface area contributed by atoms with Gasteiger partial charge in [-0.1, -0.05) is 13.8 Å². The minimum absolute atomic E-state index is 0.318. The van der Waals surface area contributed by atoms with Crippen LogP contribution in [0.4, 0.5) is 4.79 Å². The molecule has 0 bridgehead atoms. The van der Waals surface area contributed by atoms with E-state index in [1.807, 2.05) is 6.26 Å². The molecule has 5 nitrogen and oxygen atoms in total. The predicted molar refractivity (Wildman–Crippen MR) is 72.8 cm³/mol. The molecule has 2 atom stereocenters. The Hall–Kier alpha value is -0.910. The molecule has 0 aromatic rings. The lowest BCUT2D eigenvalue weighted by atomic mass is 10.1. The van der Waals surface area contributed by atoms with Crippen LogP contribution < -0.4 is 10.6 Å². The molecule has 1 fully saturated rings. The summed E-state index contributed by atoms with van der Waals surface area (Å²) in [5.41, 5.74) is 0.318. The summed E-state index contributed by atoms with van der Waals surface area (Å²) in [5.74, 6) is 0.246. The van der Waals surface area contributed by atoms with Crippen molar-refractivity contribution in [1.82, 2.24) is 10.6 Å². The first-order chi connectivity index (χ1) is 8.36. The van der Waals surface area contributed by atoms with Gasteiger partial charge in [-0.2, -0.15) is 11.8 Å². The molecule has 1 rings (SSSR count). The van der Waals surface area contributed by atoms with E-state index >= 15 is 0 Å². The van der Waals surface area contributed by atoms with Crippen LogP contribution >= 0.6 is 11.8 Å².